The van der Waals surface area contributed by atoms with E-state index in [1.807, 2.05) is 0 Å². The number of anilines is 1. The Morgan fingerprint density at radius 3 is 3.05 bits per heavy atom. The molecule has 5 nitrogen and oxygen atoms in total. The van der Waals surface area contributed by atoms with E-state index in [0.29, 0.717) is 12.5 Å². The first-order valence-electron chi connectivity index (χ1n) is 7.14. The molecular formula is C13H21N3O2S. The summed E-state index contributed by atoms with van der Waals surface area (Å²) in [6.07, 6.45) is 3.81. The highest BCUT2D eigenvalue weighted by Crippen LogP contribution is 2.34. The Morgan fingerprint density at radius 2 is 2.37 bits per heavy atom. The third-order valence-corrected chi connectivity index (χ3v) is 5.00. The predicted octanol–water partition coefficient (Wildman–Crippen LogP) is 1.47. The minimum atomic E-state index is -0.187. The van der Waals surface area contributed by atoms with Gasteiger partial charge in [0.2, 0.25) is 5.13 Å². The van der Waals surface area contributed by atoms with E-state index in [-0.39, 0.29) is 12.1 Å². The monoisotopic (exact) mass is 283 g/mol. The zero-order valence-corrected chi connectivity index (χ0v) is 12.1. The minimum absolute atomic E-state index is 0.187. The Hall–Kier alpha value is -0.720. The highest BCUT2D eigenvalue weighted by atomic mass is 32.1. The lowest BCUT2D eigenvalue weighted by Gasteiger charge is -2.39. The molecule has 106 valence electrons. The van der Waals surface area contributed by atoms with Gasteiger partial charge in [-0.3, -0.25) is 0 Å². The van der Waals surface area contributed by atoms with E-state index in [0.717, 1.165) is 49.8 Å². The molecule has 1 aromatic heterocycles. The van der Waals surface area contributed by atoms with Crippen molar-refractivity contribution in [2.24, 2.45) is 5.92 Å². The Balaban J connectivity index is 1.80. The normalized spacial score (nSPS) is 31.9. The molecule has 0 bridgehead atoms. The summed E-state index contributed by atoms with van der Waals surface area (Å²) < 4.78 is 10.0. The molecule has 1 N–H and O–H groups in total. The lowest BCUT2D eigenvalue weighted by atomic mass is 9.94. The van der Waals surface area contributed by atoms with Gasteiger partial charge in [0, 0.05) is 30.4 Å². The molecule has 0 unspecified atom stereocenters. The molecular weight excluding hydrogens is 262 g/mol. The Bertz CT molecular complexity index is 426. The zero-order chi connectivity index (χ0) is 13.2. The predicted molar refractivity (Wildman–Crippen MR) is 74.6 cm³/mol. The second kappa shape index (κ2) is 5.73. The van der Waals surface area contributed by atoms with Gasteiger partial charge in [0.25, 0.3) is 0 Å². The van der Waals surface area contributed by atoms with Gasteiger partial charge < -0.3 is 14.7 Å². The molecule has 0 amide bonds. The van der Waals surface area contributed by atoms with Crippen molar-refractivity contribution in [1.29, 1.82) is 0 Å². The molecule has 1 aliphatic heterocycles. The maximum Gasteiger partial charge on any atom is 0.205 e. The van der Waals surface area contributed by atoms with Gasteiger partial charge in [-0.1, -0.05) is 13.3 Å². The van der Waals surface area contributed by atoms with Crippen LogP contribution in [0.5, 0.6) is 0 Å². The van der Waals surface area contributed by atoms with Crippen molar-refractivity contribution in [3.05, 3.63) is 5.82 Å². The second-order valence-electron chi connectivity index (χ2n) is 5.34. The Morgan fingerprint density at radius 1 is 1.47 bits per heavy atom. The number of hydrogen-bond donors (Lipinski definition) is 1. The summed E-state index contributed by atoms with van der Waals surface area (Å²) >= 11 is 1.47. The van der Waals surface area contributed by atoms with Crippen LogP contribution >= 0.6 is 11.5 Å². The third kappa shape index (κ3) is 2.61. The fourth-order valence-electron chi connectivity index (χ4n) is 3.14. The van der Waals surface area contributed by atoms with Crippen molar-refractivity contribution >= 4 is 16.7 Å². The molecule has 19 heavy (non-hydrogen) atoms. The van der Waals surface area contributed by atoms with Crippen molar-refractivity contribution in [1.82, 2.24) is 9.36 Å². The van der Waals surface area contributed by atoms with E-state index in [9.17, 15) is 5.11 Å². The standard InChI is InChI=1S/C13H21N3O2S/c1-2-12-14-13(19-15-12)16-6-7-18-8-10(16)9-4-3-5-11(9)17/h9-11,17H,2-8H2,1H3/t9-,10-,11-/m1/s1. The topological polar surface area (TPSA) is 58.5 Å². The van der Waals surface area contributed by atoms with Crippen LogP contribution in [-0.4, -0.2) is 46.4 Å². The van der Waals surface area contributed by atoms with Gasteiger partial charge in [-0.2, -0.15) is 4.37 Å². The van der Waals surface area contributed by atoms with Crippen molar-refractivity contribution in [3.63, 3.8) is 0 Å². The largest absolute Gasteiger partial charge is 0.393 e. The smallest absolute Gasteiger partial charge is 0.205 e. The van der Waals surface area contributed by atoms with E-state index in [2.05, 4.69) is 21.2 Å². The van der Waals surface area contributed by atoms with Gasteiger partial charge in [-0.25, -0.2) is 4.98 Å². The number of ether oxygens (including phenoxy) is 1. The van der Waals surface area contributed by atoms with Crippen LogP contribution < -0.4 is 4.90 Å². The quantitative estimate of drug-likeness (QED) is 0.910. The van der Waals surface area contributed by atoms with Crippen LogP contribution in [0.2, 0.25) is 0 Å². The van der Waals surface area contributed by atoms with Gasteiger partial charge in [-0.15, -0.1) is 0 Å². The molecule has 0 spiro atoms. The summed E-state index contributed by atoms with van der Waals surface area (Å²) in [5, 5.41) is 11.1. The van der Waals surface area contributed by atoms with Crippen molar-refractivity contribution in [2.45, 2.75) is 44.8 Å². The van der Waals surface area contributed by atoms with E-state index in [1.54, 1.807) is 0 Å². The van der Waals surface area contributed by atoms with Crippen molar-refractivity contribution in [2.75, 3.05) is 24.7 Å². The van der Waals surface area contributed by atoms with E-state index in [4.69, 9.17) is 4.74 Å². The highest BCUT2D eigenvalue weighted by Gasteiger charge is 2.38. The summed E-state index contributed by atoms with van der Waals surface area (Å²) in [4.78, 5) is 6.90. The van der Waals surface area contributed by atoms with E-state index >= 15 is 0 Å². The maximum atomic E-state index is 10.1. The zero-order valence-electron chi connectivity index (χ0n) is 11.3. The molecule has 2 heterocycles. The molecule has 1 aliphatic carbocycles. The summed E-state index contributed by atoms with van der Waals surface area (Å²) in [7, 11) is 0. The average Bonchev–Trinajstić information content (AvgIpc) is 3.07. The van der Waals surface area contributed by atoms with Gasteiger partial charge in [0.05, 0.1) is 25.4 Å². The van der Waals surface area contributed by atoms with Crippen LogP contribution in [0.4, 0.5) is 5.13 Å². The third-order valence-electron chi connectivity index (χ3n) is 4.21. The number of rotatable bonds is 3. The highest BCUT2D eigenvalue weighted by molar-refractivity contribution is 7.09. The average molecular weight is 283 g/mol. The number of aromatic nitrogens is 2. The molecule has 0 radical (unpaired) electrons. The summed E-state index contributed by atoms with van der Waals surface area (Å²) in [5.41, 5.74) is 0. The summed E-state index contributed by atoms with van der Waals surface area (Å²) in [6.45, 7) is 4.36. The number of hydrogen-bond acceptors (Lipinski definition) is 6. The van der Waals surface area contributed by atoms with Crippen molar-refractivity contribution in [3.8, 4) is 0 Å². The van der Waals surface area contributed by atoms with Crippen LogP contribution in [0.25, 0.3) is 0 Å². The van der Waals surface area contributed by atoms with Gasteiger partial charge >= 0.3 is 0 Å². The molecule has 1 saturated carbocycles. The fourth-order valence-corrected chi connectivity index (χ4v) is 3.97. The number of nitrogens with zero attached hydrogens (tertiary/aromatic N) is 3. The number of morpholine rings is 1. The first-order valence-corrected chi connectivity index (χ1v) is 7.92. The molecule has 1 aromatic rings. The molecule has 2 fully saturated rings. The number of aliphatic hydroxyl groups excluding tert-OH is 1. The molecule has 6 heteroatoms. The van der Waals surface area contributed by atoms with E-state index in [1.165, 1.54) is 11.5 Å². The van der Waals surface area contributed by atoms with Gasteiger partial charge in [-0.05, 0) is 12.8 Å². The maximum absolute atomic E-state index is 10.1. The number of aliphatic hydroxyl groups is 1. The lowest BCUT2D eigenvalue weighted by molar-refractivity contribution is 0.0414. The Kier molecular flexibility index (Phi) is 4.00. The van der Waals surface area contributed by atoms with E-state index < -0.39 is 0 Å². The van der Waals surface area contributed by atoms with Gasteiger partial charge in [0.1, 0.15) is 5.82 Å². The Labute approximate surface area is 117 Å². The van der Waals surface area contributed by atoms with Crippen LogP contribution in [0.1, 0.15) is 32.0 Å². The summed E-state index contributed by atoms with van der Waals surface area (Å²) in [5.74, 6) is 1.23. The van der Waals surface area contributed by atoms with Crippen LogP contribution in [0.3, 0.4) is 0 Å². The first kappa shape index (κ1) is 13.3. The molecule has 3 atom stereocenters. The van der Waals surface area contributed by atoms with Gasteiger partial charge in [0.15, 0.2) is 0 Å². The lowest BCUT2D eigenvalue weighted by Crippen LogP contribution is -2.51. The minimum Gasteiger partial charge on any atom is -0.393 e. The molecule has 2 aliphatic rings. The van der Waals surface area contributed by atoms with Crippen molar-refractivity contribution < 1.29 is 9.84 Å². The number of aryl methyl sites for hydroxylation is 1. The van der Waals surface area contributed by atoms with Crippen LogP contribution in [0.15, 0.2) is 0 Å². The van der Waals surface area contributed by atoms with Crippen LogP contribution in [-0.2, 0) is 11.2 Å². The molecule has 1 saturated heterocycles. The van der Waals surface area contributed by atoms with Crippen LogP contribution in [0, 0.1) is 5.92 Å². The molecule has 0 aromatic carbocycles. The molecule has 3 rings (SSSR count). The fraction of sp³-hybridized carbons (Fsp3) is 0.846. The first-order chi connectivity index (χ1) is 9.29. The summed E-state index contributed by atoms with van der Waals surface area (Å²) in [6, 6.07) is 0.254. The second-order valence-corrected chi connectivity index (χ2v) is 6.07. The SMILES string of the molecule is CCc1nsc(N2CCOC[C@@H]2[C@H]2CCC[C@H]2O)n1.